The zero-order valence-electron chi connectivity index (χ0n) is 17.8. The monoisotopic (exact) mass is 415 g/mol. The summed E-state index contributed by atoms with van der Waals surface area (Å²) in [4.78, 5) is 24.8. The molecule has 1 aliphatic carbocycles. The Morgan fingerprint density at radius 3 is 2.65 bits per heavy atom. The molecule has 6 nitrogen and oxygen atoms in total. The fraction of sp³-hybridized carbons (Fsp3) is 0.400. The number of benzene rings is 1. The Morgan fingerprint density at radius 2 is 1.87 bits per heavy atom. The van der Waals surface area contributed by atoms with E-state index in [2.05, 4.69) is 46.6 Å². The molecule has 6 heteroatoms. The van der Waals surface area contributed by atoms with E-state index in [4.69, 9.17) is 9.97 Å². The summed E-state index contributed by atoms with van der Waals surface area (Å²) < 4.78 is 1.86. The lowest BCUT2D eigenvalue weighted by Gasteiger charge is -2.34. The third-order valence-electron chi connectivity index (χ3n) is 6.45. The summed E-state index contributed by atoms with van der Waals surface area (Å²) in [5.74, 6) is 1.15. The van der Waals surface area contributed by atoms with Gasteiger partial charge in [0.05, 0.1) is 0 Å². The predicted molar refractivity (Wildman–Crippen MR) is 125 cm³/mol. The zero-order valence-corrected chi connectivity index (χ0v) is 17.8. The van der Waals surface area contributed by atoms with E-state index in [1.165, 1.54) is 0 Å². The Kier molecular flexibility index (Phi) is 5.80. The van der Waals surface area contributed by atoms with Gasteiger partial charge < -0.3 is 10.2 Å². The third-order valence-corrected chi connectivity index (χ3v) is 6.45. The molecular formula is C25H29N5O. The maximum Gasteiger partial charge on any atom is 0.252 e. The molecule has 2 aliphatic rings. The van der Waals surface area contributed by atoms with Crippen molar-refractivity contribution in [3.8, 4) is 0 Å². The molecule has 31 heavy (non-hydrogen) atoms. The van der Waals surface area contributed by atoms with Crippen molar-refractivity contribution in [1.82, 2.24) is 19.9 Å². The molecule has 1 aliphatic heterocycles. The van der Waals surface area contributed by atoms with Gasteiger partial charge in [0.25, 0.3) is 5.56 Å². The van der Waals surface area contributed by atoms with E-state index in [1.54, 1.807) is 6.07 Å². The van der Waals surface area contributed by atoms with Crippen LogP contribution in [-0.2, 0) is 6.54 Å². The van der Waals surface area contributed by atoms with Crippen molar-refractivity contribution in [2.24, 2.45) is 5.92 Å². The van der Waals surface area contributed by atoms with Gasteiger partial charge in [0.15, 0.2) is 0 Å². The van der Waals surface area contributed by atoms with E-state index in [1.807, 2.05) is 22.9 Å². The van der Waals surface area contributed by atoms with E-state index in [0.29, 0.717) is 24.5 Å². The van der Waals surface area contributed by atoms with Crippen molar-refractivity contribution in [3.63, 3.8) is 0 Å². The van der Waals surface area contributed by atoms with E-state index in [-0.39, 0.29) is 5.56 Å². The predicted octanol–water partition coefficient (Wildman–Crippen LogP) is 4.04. The molecule has 1 atom stereocenters. The van der Waals surface area contributed by atoms with Gasteiger partial charge >= 0.3 is 0 Å². The largest absolute Gasteiger partial charge is 0.317 e. The van der Waals surface area contributed by atoms with Crippen LogP contribution in [0.3, 0.4) is 0 Å². The first kappa shape index (κ1) is 19.9. The van der Waals surface area contributed by atoms with Crippen molar-refractivity contribution in [1.29, 1.82) is 0 Å². The standard InChI is InChI=1S/C25H29N5O/c31-23-12-11-20-17-27-25(28-24(20)29(23)18-19-7-3-1-4-8-19)30(21-9-5-2-6-10-21)22-13-15-26-16-14-22/h1-3,5-6,9-12,17,19,22,26H,4,7-8,13-16,18H2. The summed E-state index contributed by atoms with van der Waals surface area (Å²) in [5, 5.41) is 4.36. The van der Waals surface area contributed by atoms with Gasteiger partial charge in [0.1, 0.15) is 5.65 Å². The first-order valence-corrected chi connectivity index (χ1v) is 11.4. The second-order valence-corrected chi connectivity index (χ2v) is 8.57. The third kappa shape index (κ3) is 4.26. The molecule has 2 aromatic heterocycles. The normalized spacial score (nSPS) is 19.5. The van der Waals surface area contributed by atoms with Crippen LogP contribution in [0.4, 0.5) is 11.6 Å². The highest BCUT2D eigenvalue weighted by atomic mass is 16.1. The smallest absolute Gasteiger partial charge is 0.252 e. The molecule has 5 rings (SSSR count). The molecule has 0 saturated carbocycles. The molecule has 0 amide bonds. The number of piperidine rings is 1. The lowest BCUT2D eigenvalue weighted by Crippen LogP contribution is -2.41. The van der Waals surface area contributed by atoms with Gasteiger partial charge in [0.2, 0.25) is 5.95 Å². The van der Waals surface area contributed by atoms with Crippen molar-refractivity contribution < 1.29 is 0 Å². The van der Waals surface area contributed by atoms with Crippen LogP contribution < -0.4 is 15.8 Å². The number of fused-ring (bicyclic) bond motifs is 1. The SMILES string of the molecule is O=c1ccc2cnc(N(c3ccccc3)C3CCNCC3)nc2n1CC1CC=CCC1. The van der Waals surface area contributed by atoms with E-state index in [9.17, 15) is 4.79 Å². The van der Waals surface area contributed by atoms with Crippen LogP contribution in [0.2, 0.25) is 0 Å². The van der Waals surface area contributed by atoms with Crippen LogP contribution in [0.1, 0.15) is 32.1 Å². The number of nitrogens with one attached hydrogen (secondary N) is 1. The van der Waals surface area contributed by atoms with Crippen molar-refractivity contribution in [2.75, 3.05) is 18.0 Å². The number of allylic oxidation sites excluding steroid dienone is 2. The van der Waals surface area contributed by atoms with Gasteiger partial charge in [-0.2, -0.15) is 4.98 Å². The second kappa shape index (κ2) is 9.02. The van der Waals surface area contributed by atoms with Crippen molar-refractivity contribution >= 4 is 22.7 Å². The fourth-order valence-electron chi connectivity index (χ4n) is 4.78. The maximum absolute atomic E-state index is 12.8. The highest BCUT2D eigenvalue weighted by Gasteiger charge is 2.25. The number of hydrogen-bond donors (Lipinski definition) is 1. The van der Waals surface area contributed by atoms with Gasteiger partial charge in [-0.15, -0.1) is 0 Å². The lowest BCUT2D eigenvalue weighted by molar-refractivity contribution is 0.409. The van der Waals surface area contributed by atoms with Crippen molar-refractivity contribution in [3.05, 3.63) is 71.2 Å². The molecule has 0 radical (unpaired) electrons. The molecule has 1 unspecified atom stereocenters. The maximum atomic E-state index is 12.8. The van der Waals surface area contributed by atoms with Crippen LogP contribution in [0, 0.1) is 5.92 Å². The molecular weight excluding hydrogens is 386 g/mol. The van der Waals surface area contributed by atoms with Crippen LogP contribution in [0.5, 0.6) is 0 Å². The van der Waals surface area contributed by atoms with E-state index >= 15 is 0 Å². The number of hydrogen-bond acceptors (Lipinski definition) is 5. The number of rotatable bonds is 5. The quantitative estimate of drug-likeness (QED) is 0.637. The van der Waals surface area contributed by atoms with Gasteiger partial charge in [-0.25, -0.2) is 4.98 Å². The lowest BCUT2D eigenvalue weighted by atomic mass is 9.94. The Morgan fingerprint density at radius 1 is 1.03 bits per heavy atom. The van der Waals surface area contributed by atoms with E-state index in [0.717, 1.165) is 61.9 Å². The molecule has 0 spiro atoms. The Labute approximate surface area is 182 Å². The number of anilines is 2. The zero-order chi connectivity index (χ0) is 21.0. The van der Waals surface area contributed by atoms with Gasteiger partial charge in [0, 0.05) is 35.9 Å². The number of aromatic nitrogens is 3. The van der Waals surface area contributed by atoms with Crippen molar-refractivity contribution in [2.45, 2.75) is 44.7 Å². The minimum absolute atomic E-state index is 0.0137. The number of para-hydroxylation sites is 1. The minimum Gasteiger partial charge on any atom is -0.317 e. The second-order valence-electron chi connectivity index (χ2n) is 8.57. The van der Waals surface area contributed by atoms with Crippen LogP contribution >= 0.6 is 0 Å². The van der Waals surface area contributed by atoms with Crippen LogP contribution in [0.15, 0.2) is 65.6 Å². The van der Waals surface area contributed by atoms with Crippen LogP contribution in [0.25, 0.3) is 11.0 Å². The van der Waals surface area contributed by atoms with Gasteiger partial charge in [-0.3, -0.25) is 9.36 Å². The minimum atomic E-state index is 0.0137. The first-order chi connectivity index (χ1) is 15.3. The molecule has 3 heterocycles. The Bertz CT molecular complexity index is 1120. The average Bonchev–Trinajstić information content (AvgIpc) is 2.83. The number of pyridine rings is 1. The number of nitrogens with zero attached hydrogens (tertiary/aromatic N) is 4. The van der Waals surface area contributed by atoms with Gasteiger partial charge in [-0.05, 0) is 69.3 Å². The fourth-order valence-corrected chi connectivity index (χ4v) is 4.78. The van der Waals surface area contributed by atoms with Crippen LogP contribution in [-0.4, -0.2) is 33.7 Å². The summed E-state index contributed by atoms with van der Waals surface area (Å²) in [6, 6.07) is 14.2. The Hall–Kier alpha value is -2.99. The topological polar surface area (TPSA) is 63.1 Å². The molecule has 0 bridgehead atoms. The first-order valence-electron chi connectivity index (χ1n) is 11.4. The molecule has 1 aromatic carbocycles. The Balaban J connectivity index is 1.58. The van der Waals surface area contributed by atoms with Gasteiger partial charge in [-0.1, -0.05) is 30.4 Å². The highest BCUT2D eigenvalue weighted by molar-refractivity contribution is 5.76. The molecule has 1 N–H and O–H groups in total. The highest BCUT2D eigenvalue weighted by Crippen LogP contribution is 2.29. The average molecular weight is 416 g/mol. The summed E-state index contributed by atoms with van der Waals surface area (Å²) in [7, 11) is 0. The summed E-state index contributed by atoms with van der Waals surface area (Å²) in [5.41, 5.74) is 1.85. The molecule has 3 aromatic rings. The molecule has 1 fully saturated rings. The molecule has 1 saturated heterocycles. The molecule has 160 valence electrons. The van der Waals surface area contributed by atoms with E-state index < -0.39 is 0 Å². The summed E-state index contributed by atoms with van der Waals surface area (Å²) in [6.07, 6.45) is 11.6. The summed E-state index contributed by atoms with van der Waals surface area (Å²) in [6.45, 7) is 2.68. The summed E-state index contributed by atoms with van der Waals surface area (Å²) >= 11 is 0.